The molecule has 136 valence electrons. The van der Waals surface area contributed by atoms with Gasteiger partial charge in [-0.3, -0.25) is 10.1 Å². The minimum absolute atomic E-state index is 0.0133. The van der Waals surface area contributed by atoms with E-state index < -0.39 is 0 Å². The van der Waals surface area contributed by atoms with E-state index in [-0.39, 0.29) is 30.1 Å². The maximum atomic E-state index is 12.7. The lowest BCUT2D eigenvalue weighted by Crippen LogP contribution is -2.52. The molecule has 0 aliphatic carbocycles. The molecule has 3 amide bonds. The van der Waals surface area contributed by atoms with Crippen LogP contribution in [0.2, 0.25) is 0 Å². The molecule has 2 atom stereocenters. The second-order valence-corrected chi connectivity index (χ2v) is 6.79. The monoisotopic (exact) mass is 347 g/mol. The van der Waals surface area contributed by atoms with Gasteiger partial charge in [0, 0.05) is 38.3 Å². The largest absolute Gasteiger partial charge is 0.372 e. The van der Waals surface area contributed by atoms with E-state index in [1.807, 2.05) is 18.7 Å². The van der Waals surface area contributed by atoms with Gasteiger partial charge in [-0.1, -0.05) is 0 Å². The predicted octanol–water partition coefficient (Wildman–Crippen LogP) is 1.36. The van der Waals surface area contributed by atoms with Crippen molar-refractivity contribution in [2.45, 2.75) is 38.9 Å². The van der Waals surface area contributed by atoms with Crippen LogP contribution in [-0.4, -0.2) is 70.1 Å². The van der Waals surface area contributed by atoms with Crippen LogP contribution in [0.1, 0.15) is 26.7 Å². The van der Waals surface area contributed by atoms with Gasteiger partial charge >= 0.3 is 6.03 Å². The van der Waals surface area contributed by atoms with Gasteiger partial charge in [0.1, 0.15) is 12.1 Å². The maximum absolute atomic E-state index is 12.7. The summed E-state index contributed by atoms with van der Waals surface area (Å²) < 4.78 is 5.69. The number of likely N-dealkylation sites (tertiary alicyclic amines) is 1. The third-order valence-electron chi connectivity index (χ3n) is 4.68. The molecule has 2 aliphatic heterocycles. The number of anilines is 1. The van der Waals surface area contributed by atoms with Crippen LogP contribution in [0.3, 0.4) is 0 Å². The normalized spacial score (nSPS) is 24.9. The number of carbonyl (C=O) groups excluding carboxylic acids is 2. The van der Waals surface area contributed by atoms with E-state index in [9.17, 15) is 9.59 Å². The average Bonchev–Trinajstić information content (AvgIpc) is 2.61. The topological polar surface area (TPSA) is 87.7 Å². The van der Waals surface area contributed by atoms with Crippen molar-refractivity contribution in [1.82, 2.24) is 19.8 Å². The number of amides is 3. The van der Waals surface area contributed by atoms with Gasteiger partial charge in [0.15, 0.2) is 0 Å². The molecule has 0 radical (unpaired) electrons. The molecule has 0 bridgehead atoms. The number of rotatable bonds is 2. The number of nitrogens with one attached hydrogen (secondary N) is 1. The lowest BCUT2D eigenvalue weighted by Gasteiger charge is -2.39. The van der Waals surface area contributed by atoms with Crippen LogP contribution in [0.15, 0.2) is 18.6 Å². The summed E-state index contributed by atoms with van der Waals surface area (Å²) in [6.45, 7) is 6.44. The molecule has 3 rings (SSSR count). The molecule has 2 aliphatic rings. The van der Waals surface area contributed by atoms with Crippen LogP contribution >= 0.6 is 0 Å². The number of morpholine rings is 1. The van der Waals surface area contributed by atoms with Crippen LogP contribution < -0.4 is 5.32 Å². The van der Waals surface area contributed by atoms with Crippen molar-refractivity contribution < 1.29 is 14.3 Å². The van der Waals surface area contributed by atoms with E-state index in [2.05, 4.69) is 15.3 Å². The Morgan fingerprint density at radius 3 is 2.44 bits per heavy atom. The Morgan fingerprint density at radius 2 is 1.84 bits per heavy atom. The molecule has 1 aromatic heterocycles. The molecule has 1 aromatic rings. The van der Waals surface area contributed by atoms with E-state index in [0.717, 1.165) is 0 Å². The van der Waals surface area contributed by atoms with Crippen molar-refractivity contribution in [1.29, 1.82) is 0 Å². The summed E-state index contributed by atoms with van der Waals surface area (Å²) >= 11 is 0. The maximum Gasteiger partial charge on any atom is 0.323 e. The van der Waals surface area contributed by atoms with Gasteiger partial charge in [0.05, 0.1) is 12.2 Å². The number of hydrogen-bond donors (Lipinski definition) is 1. The molecule has 8 heteroatoms. The smallest absolute Gasteiger partial charge is 0.323 e. The highest BCUT2D eigenvalue weighted by molar-refractivity contribution is 5.88. The highest BCUT2D eigenvalue weighted by atomic mass is 16.5. The van der Waals surface area contributed by atoms with Crippen LogP contribution in [0, 0.1) is 5.92 Å². The minimum Gasteiger partial charge on any atom is -0.372 e. The van der Waals surface area contributed by atoms with Crippen molar-refractivity contribution in [3.63, 3.8) is 0 Å². The van der Waals surface area contributed by atoms with Crippen molar-refractivity contribution >= 4 is 17.8 Å². The molecule has 25 heavy (non-hydrogen) atoms. The van der Waals surface area contributed by atoms with Gasteiger partial charge in [0.2, 0.25) is 5.91 Å². The summed E-state index contributed by atoms with van der Waals surface area (Å²) in [6.07, 6.45) is 4.51. The standard InChI is InChI=1S/C17H25N5O3/c1-12-9-22(10-13(2)25-12)16(23)14-4-7-21(8-5-14)17(24)20-15-3-6-18-11-19-15/h3,6,11-14H,4-5,7-10H2,1-2H3,(H,18,19,20,24). The van der Waals surface area contributed by atoms with Gasteiger partial charge in [-0.05, 0) is 32.8 Å². The Hall–Kier alpha value is -2.22. The lowest BCUT2D eigenvalue weighted by atomic mass is 9.95. The highest BCUT2D eigenvalue weighted by Gasteiger charge is 2.33. The predicted molar refractivity (Wildman–Crippen MR) is 91.9 cm³/mol. The Morgan fingerprint density at radius 1 is 1.16 bits per heavy atom. The van der Waals surface area contributed by atoms with E-state index >= 15 is 0 Å². The zero-order chi connectivity index (χ0) is 17.8. The number of urea groups is 1. The van der Waals surface area contributed by atoms with Gasteiger partial charge in [-0.25, -0.2) is 14.8 Å². The first-order valence-corrected chi connectivity index (χ1v) is 8.79. The zero-order valence-corrected chi connectivity index (χ0v) is 14.7. The van der Waals surface area contributed by atoms with Gasteiger partial charge in [-0.15, -0.1) is 0 Å². The van der Waals surface area contributed by atoms with E-state index in [1.165, 1.54) is 6.33 Å². The number of hydrogen-bond acceptors (Lipinski definition) is 5. The number of carbonyl (C=O) groups is 2. The van der Waals surface area contributed by atoms with E-state index in [0.29, 0.717) is 44.8 Å². The molecule has 1 N–H and O–H groups in total. The Balaban J connectivity index is 1.49. The Bertz CT molecular complexity index is 594. The first kappa shape index (κ1) is 17.6. The third-order valence-corrected chi connectivity index (χ3v) is 4.68. The average molecular weight is 347 g/mol. The molecule has 0 saturated carbocycles. The first-order valence-electron chi connectivity index (χ1n) is 8.79. The summed E-state index contributed by atoms with van der Waals surface area (Å²) in [5.74, 6) is 0.660. The second-order valence-electron chi connectivity index (χ2n) is 6.79. The van der Waals surface area contributed by atoms with Crippen LogP contribution in [-0.2, 0) is 9.53 Å². The summed E-state index contributed by atoms with van der Waals surface area (Å²) in [5, 5.41) is 2.75. The quantitative estimate of drug-likeness (QED) is 0.873. The third kappa shape index (κ3) is 4.45. The molecule has 2 saturated heterocycles. The fourth-order valence-corrected chi connectivity index (χ4v) is 3.50. The second kappa shape index (κ2) is 7.77. The van der Waals surface area contributed by atoms with Gasteiger partial charge in [-0.2, -0.15) is 0 Å². The first-order chi connectivity index (χ1) is 12.0. The fourth-order valence-electron chi connectivity index (χ4n) is 3.50. The summed E-state index contributed by atoms with van der Waals surface area (Å²) in [5.41, 5.74) is 0. The highest BCUT2D eigenvalue weighted by Crippen LogP contribution is 2.22. The number of piperidine rings is 1. The number of ether oxygens (including phenoxy) is 1. The minimum atomic E-state index is -0.182. The number of nitrogens with zero attached hydrogens (tertiary/aromatic N) is 4. The fraction of sp³-hybridized carbons (Fsp3) is 0.647. The molecule has 8 nitrogen and oxygen atoms in total. The molecular formula is C17H25N5O3. The van der Waals surface area contributed by atoms with Crippen molar-refractivity contribution in [2.75, 3.05) is 31.5 Å². The lowest BCUT2D eigenvalue weighted by molar-refractivity contribution is -0.148. The van der Waals surface area contributed by atoms with E-state index in [4.69, 9.17) is 4.74 Å². The Labute approximate surface area is 147 Å². The number of aromatic nitrogens is 2. The molecular weight excluding hydrogens is 322 g/mol. The molecule has 0 aromatic carbocycles. The van der Waals surface area contributed by atoms with Crippen LogP contribution in [0.4, 0.5) is 10.6 Å². The van der Waals surface area contributed by atoms with Crippen molar-refractivity contribution in [2.24, 2.45) is 5.92 Å². The summed E-state index contributed by atoms with van der Waals surface area (Å²) in [6, 6.07) is 1.47. The van der Waals surface area contributed by atoms with Crippen LogP contribution in [0.5, 0.6) is 0 Å². The summed E-state index contributed by atoms with van der Waals surface area (Å²) in [4.78, 5) is 36.5. The van der Waals surface area contributed by atoms with Crippen LogP contribution in [0.25, 0.3) is 0 Å². The van der Waals surface area contributed by atoms with Crippen molar-refractivity contribution in [3.8, 4) is 0 Å². The Kier molecular flexibility index (Phi) is 5.47. The molecule has 2 fully saturated rings. The molecule has 3 heterocycles. The molecule has 2 unspecified atom stereocenters. The van der Waals surface area contributed by atoms with Crippen molar-refractivity contribution in [3.05, 3.63) is 18.6 Å². The van der Waals surface area contributed by atoms with Gasteiger partial charge in [0.25, 0.3) is 0 Å². The van der Waals surface area contributed by atoms with E-state index in [1.54, 1.807) is 17.2 Å². The van der Waals surface area contributed by atoms with Gasteiger partial charge < -0.3 is 14.5 Å². The SMILES string of the molecule is CC1CN(C(=O)C2CCN(C(=O)Nc3ccncn3)CC2)CC(C)O1. The molecule has 0 spiro atoms. The zero-order valence-electron chi connectivity index (χ0n) is 14.7. The summed E-state index contributed by atoms with van der Waals surface area (Å²) in [7, 11) is 0.